The second-order valence-corrected chi connectivity index (χ2v) is 4.66. The minimum atomic E-state index is -0.0131. The van der Waals surface area contributed by atoms with Crippen molar-refractivity contribution in [3.05, 3.63) is 23.8 Å². The van der Waals surface area contributed by atoms with Crippen LogP contribution in [0.5, 0.6) is 11.5 Å². The molecule has 0 aliphatic carbocycles. The van der Waals surface area contributed by atoms with Gasteiger partial charge in [0.15, 0.2) is 11.5 Å². The predicted octanol–water partition coefficient (Wildman–Crippen LogP) is 2.27. The van der Waals surface area contributed by atoms with Crippen molar-refractivity contribution in [1.29, 1.82) is 0 Å². The maximum Gasteiger partial charge on any atom is 0.162 e. The van der Waals surface area contributed by atoms with E-state index in [2.05, 4.69) is 0 Å². The van der Waals surface area contributed by atoms with Crippen LogP contribution in [0.3, 0.4) is 0 Å². The molecule has 1 aliphatic rings. The summed E-state index contributed by atoms with van der Waals surface area (Å²) in [5.41, 5.74) is 6.93. The summed E-state index contributed by atoms with van der Waals surface area (Å²) in [6, 6.07) is 5.81. The minimum Gasteiger partial charge on any atom is -0.493 e. The Labute approximate surface area is 108 Å². The van der Waals surface area contributed by atoms with Crippen LogP contribution in [-0.4, -0.2) is 26.4 Å². The van der Waals surface area contributed by atoms with Gasteiger partial charge in [-0.25, -0.2) is 0 Å². The van der Waals surface area contributed by atoms with Gasteiger partial charge in [-0.15, -0.1) is 0 Å². The molecule has 0 amide bonds. The summed E-state index contributed by atoms with van der Waals surface area (Å²) < 4.78 is 16.7. The Morgan fingerprint density at radius 2 is 2.22 bits per heavy atom. The van der Waals surface area contributed by atoms with Gasteiger partial charge >= 0.3 is 0 Å². The molecule has 0 spiro atoms. The van der Waals surface area contributed by atoms with E-state index in [4.69, 9.17) is 19.9 Å². The molecule has 0 aromatic heterocycles. The Bertz CT molecular complexity index is 387. The zero-order valence-corrected chi connectivity index (χ0v) is 11.0. The van der Waals surface area contributed by atoms with Crippen molar-refractivity contribution in [2.75, 3.05) is 20.3 Å². The molecule has 18 heavy (non-hydrogen) atoms. The molecule has 1 aromatic carbocycles. The third-order valence-corrected chi connectivity index (χ3v) is 3.13. The van der Waals surface area contributed by atoms with Crippen molar-refractivity contribution >= 4 is 0 Å². The van der Waals surface area contributed by atoms with Crippen LogP contribution in [0.2, 0.25) is 0 Å². The molecule has 1 aromatic rings. The molecule has 2 unspecified atom stereocenters. The topological polar surface area (TPSA) is 53.7 Å². The van der Waals surface area contributed by atoms with Crippen molar-refractivity contribution in [2.45, 2.75) is 31.9 Å². The lowest BCUT2D eigenvalue weighted by atomic mass is 10.1. The zero-order valence-electron chi connectivity index (χ0n) is 11.0. The van der Waals surface area contributed by atoms with Crippen LogP contribution >= 0.6 is 0 Å². The van der Waals surface area contributed by atoms with E-state index < -0.39 is 0 Å². The highest BCUT2D eigenvalue weighted by atomic mass is 16.5. The number of rotatable bonds is 4. The summed E-state index contributed by atoms with van der Waals surface area (Å²) >= 11 is 0. The number of methoxy groups -OCH3 is 1. The average Bonchev–Trinajstić information content (AvgIpc) is 2.39. The van der Waals surface area contributed by atoms with Crippen LogP contribution in [0.25, 0.3) is 0 Å². The van der Waals surface area contributed by atoms with E-state index in [9.17, 15) is 0 Å². The van der Waals surface area contributed by atoms with Crippen LogP contribution in [0, 0.1) is 0 Å². The zero-order chi connectivity index (χ0) is 13.0. The van der Waals surface area contributed by atoms with E-state index in [0.717, 1.165) is 36.5 Å². The highest BCUT2D eigenvalue weighted by Crippen LogP contribution is 2.31. The van der Waals surface area contributed by atoms with Crippen molar-refractivity contribution in [2.24, 2.45) is 5.73 Å². The first-order valence-electron chi connectivity index (χ1n) is 6.38. The van der Waals surface area contributed by atoms with Gasteiger partial charge in [0, 0.05) is 12.6 Å². The van der Waals surface area contributed by atoms with E-state index in [-0.39, 0.29) is 12.1 Å². The quantitative estimate of drug-likeness (QED) is 0.892. The fourth-order valence-electron chi connectivity index (χ4n) is 2.05. The van der Waals surface area contributed by atoms with Gasteiger partial charge < -0.3 is 19.9 Å². The Morgan fingerprint density at radius 1 is 1.39 bits per heavy atom. The average molecular weight is 251 g/mol. The molecule has 1 heterocycles. The monoisotopic (exact) mass is 251 g/mol. The summed E-state index contributed by atoms with van der Waals surface area (Å²) in [6.07, 6.45) is 2.17. The molecule has 100 valence electrons. The second-order valence-electron chi connectivity index (χ2n) is 4.66. The summed E-state index contributed by atoms with van der Waals surface area (Å²) in [5, 5.41) is 0. The molecule has 2 atom stereocenters. The van der Waals surface area contributed by atoms with Gasteiger partial charge in [-0.05, 0) is 37.5 Å². The number of benzene rings is 1. The highest BCUT2D eigenvalue weighted by molar-refractivity contribution is 5.43. The first kappa shape index (κ1) is 13.2. The Hall–Kier alpha value is -1.26. The fourth-order valence-corrected chi connectivity index (χ4v) is 2.05. The van der Waals surface area contributed by atoms with E-state index >= 15 is 0 Å². The van der Waals surface area contributed by atoms with Crippen molar-refractivity contribution < 1.29 is 14.2 Å². The van der Waals surface area contributed by atoms with Gasteiger partial charge in [0.05, 0.1) is 13.7 Å². The van der Waals surface area contributed by atoms with Crippen molar-refractivity contribution in [1.82, 2.24) is 0 Å². The third kappa shape index (κ3) is 3.15. The minimum absolute atomic E-state index is 0.0131. The van der Waals surface area contributed by atoms with Crippen LogP contribution in [-0.2, 0) is 4.74 Å². The Balaban J connectivity index is 2.15. The van der Waals surface area contributed by atoms with Gasteiger partial charge in [0.25, 0.3) is 0 Å². The normalized spacial score (nSPS) is 21.4. The van der Waals surface area contributed by atoms with Crippen molar-refractivity contribution in [3.63, 3.8) is 0 Å². The lowest BCUT2D eigenvalue weighted by molar-refractivity contribution is 0.00640. The van der Waals surface area contributed by atoms with Crippen LogP contribution in [0.15, 0.2) is 18.2 Å². The molecular weight excluding hydrogens is 230 g/mol. The van der Waals surface area contributed by atoms with Gasteiger partial charge in [-0.1, -0.05) is 6.07 Å². The molecule has 0 radical (unpaired) electrons. The van der Waals surface area contributed by atoms with E-state index in [0.29, 0.717) is 6.61 Å². The standard InChI is InChI=1S/C14H21NO3/c1-10(15)11-5-6-13(16-2)14(8-11)18-12-4-3-7-17-9-12/h5-6,8,10,12H,3-4,7,9,15H2,1-2H3. The smallest absolute Gasteiger partial charge is 0.162 e. The van der Waals surface area contributed by atoms with Gasteiger partial charge in [-0.3, -0.25) is 0 Å². The molecule has 0 saturated carbocycles. The molecule has 2 rings (SSSR count). The summed E-state index contributed by atoms with van der Waals surface area (Å²) in [6.45, 7) is 3.43. The largest absolute Gasteiger partial charge is 0.493 e. The summed E-state index contributed by atoms with van der Waals surface area (Å²) in [7, 11) is 1.64. The van der Waals surface area contributed by atoms with Gasteiger partial charge in [0.2, 0.25) is 0 Å². The molecule has 1 fully saturated rings. The van der Waals surface area contributed by atoms with E-state index in [1.54, 1.807) is 7.11 Å². The summed E-state index contributed by atoms with van der Waals surface area (Å²) in [4.78, 5) is 0. The number of hydrogen-bond donors (Lipinski definition) is 1. The van der Waals surface area contributed by atoms with Crippen LogP contribution < -0.4 is 15.2 Å². The first-order valence-corrected chi connectivity index (χ1v) is 6.38. The van der Waals surface area contributed by atoms with Crippen LogP contribution in [0.4, 0.5) is 0 Å². The summed E-state index contributed by atoms with van der Waals surface area (Å²) in [5.74, 6) is 1.49. The molecular formula is C14H21NO3. The molecule has 4 heteroatoms. The van der Waals surface area contributed by atoms with E-state index in [1.165, 1.54) is 0 Å². The van der Waals surface area contributed by atoms with Gasteiger partial charge in [0.1, 0.15) is 6.10 Å². The Morgan fingerprint density at radius 3 is 2.83 bits per heavy atom. The maximum absolute atomic E-state index is 5.96. The predicted molar refractivity (Wildman–Crippen MR) is 70.1 cm³/mol. The lowest BCUT2D eigenvalue weighted by Crippen LogP contribution is -2.28. The third-order valence-electron chi connectivity index (χ3n) is 3.13. The van der Waals surface area contributed by atoms with Crippen LogP contribution in [0.1, 0.15) is 31.4 Å². The maximum atomic E-state index is 5.96. The van der Waals surface area contributed by atoms with Crippen molar-refractivity contribution in [3.8, 4) is 11.5 Å². The molecule has 1 saturated heterocycles. The Kier molecular flexibility index (Phi) is 4.44. The molecule has 2 N–H and O–H groups in total. The molecule has 4 nitrogen and oxygen atoms in total. The molecule has 1 aliphatic heterocycles. The number of ether oxygens (including phenoxy) is 3. The second kappa shape index (κ2) is 6.07. The van der Waals surface area contributed by atoms with Gasteiger partial charge in [-0.2, -0.15) is 0 Å². The fraction of sp³-hybridized carbons (Fsp3) is 0.571. The number of nitrogens with two attached hydrogens (primary N) is 1. The highest BCUT2D eigenvalue weighted by Gasteiger charge is 2.18. The SMILES string of the molecule is COc1ccc(C(C)N)cc1OC1CCCOC1. The number of hydrogen-bond acceptors (Lipinski definition) is 4. The first-order chi connectivity index (χ1) is 8.70. The molecule has 0 bridgehead atoms. The lowest BCUT2D eigenvalue weighted by Gasteiger charge is -2.24. The van der Waals surface area contributed by atoms with E-state index in [1.807, 2.05) is 25.1 Å².